The number of rotatable bonds is 4. The van der Waals surface area contributed by atoms with E-state index < -0.39 is 0 Å². The Morgan fingerprint density at radius 1 is 0.846 bits per heavy atom. The molecule has 0 unspecified atom stereocenters. The van der Waals surface area contributed by atoms with Crippen LogP contribution < -0.4 is 0 Å². The van der Waals surface area contributed by atoms with Gasteiger partial charge in [-0.2, -0.15) is 5.10 Å². The van der Waals surface area contributed by atoms with Gasteiger partial charge in [-0.25, -0.2) is 4.39 Å². The van der Waals surface area contributed by atoms with Gasteiger partial charge in [-0.15, -0.1) is 0 Å². The fraction of sp³-hybridized carbons (Fsp3) is 0. The summed E-state index contributed by atoms with van der Waals surface area (Å²) >= 11 is 0. The van der Waals surface area contributed by atoms with Gasteiger partial charge in [0.15, 0.2) is 0 Å². The third-order valence-electron chi connectivity index (χ3n) is 4.11. The van der Waals surface area contributed by atoms with Crippen LogP contribution in [-0.2, 0) is 0 Å². The lowest BCUT2D eigenvalue weighted by atomic mass is 10.0. The molecule has 0 bridgehead atoms. The Labute approximate surface area is 150 Å². The normalized spacial score (nSPS) is 11.1. The number of aromatic amines is 1. The maximum atomic E-state index is 13.2. The second-order valence-electron chi connectivity index (χ2n) is 5.88. The molecule has 0 spiro atoms. The van der Waals surface area contributed by atoms with Crippen molar-refractivity contribution in [1.29, 1.82) is 0 Å². The van der Waals surface area contributed by atoms with E-state index in [1.54, 1.807) is 24.5 Å². The van der Waals surface area contributed by atoms with Crippen molar-refractivity contribution in [1.82, 2.24) is 15.2 Å². The zero-order valence-corrected chi connectivity index (χ0v) is 13.9. The first-order chi connectivity index (χ1) is 12.8. The molecule has 3 nitrogen and oxygen atoms in total. The first-order valence-corrected chi connectivity index (χ1v) is 8.28. The van der Waals surface area contributed by atoms with Crippen LogP contribution in [0.4, 0.5) is 4.39 Å². The summed E-state index contributed by atoms with van der Waals surface area (Å²) in [7, 11) is 0. The largest absolute Gasteiger partial charge is 0.277 e. The van der Waals surface area contributed by atoms with Gasteiger partial charge in [0.2, 0.25) is 0 Å². The fourth-order valence-electron chi connectivity index (χ4n) is 2.79. The number of halogens is 1. The highest BCUT2D eigenvalue weighted by Crippen LogP contribution is 2.30. The third kappa shape index (κ3) is 3.44. The quantitative estimate of drug-likeness (QED) is 0.536. The summed E-state index contributed by atoms with van der Waals surface area (Å²) in [4.78, 5) is 4.41. The predicted octanol–water partition coefficient (Wildman–Crippen LogP) is 5.45. The maximum Gasteiger partial charge on any atom is 0.123 e. The molecule has 4 rings (SSSR count). The minimum atomic E-state index is -0.257. The molecule has 0 aliphatic heterocycles. The van der Waals surface area contributed by atoms with E-state index in [9.17, 15) is 4.39 Å². The lowest BCUT2D eigenvalue weighted by Gasteiger charge is -2.05. The molecule has 1 N–H and O–H groups in total. The van der Waals surface area contributed by atoms with E-state index in [1.165, 1.54) is 12.1 Å². The molecule has 0 amide bonds. The van der Waals surface area contributed by atoms with Crippen molar-refractivity contribution in [2.24, 2.45) is 0 Å². The van der Waals surface area contributed by atoms with Crippen LogP contribution in [0, 0.1) is 5.82 Å². The summed E-state index contributed by atoms with van der Waals surface area (Å²) < 4.78 is 13.2. The lowest BCUT2D eigenvalue weighted by molar-refractivity contribution is 0.628. The highest BCUT2D eigenvalue weighted by molar-refractivity contribution is 5.81. The summed E-state index contributed by atoms with van der Waals surface area (Å²) in [5.74, 6) is -0.257. The van der Waals surface area contributed by atoms with Crippen LogP contribution in [-0.4, -0.2) is 15.2 Å². The van der Waals surface area contributed by atoms with Gasteiger partial charge >= 0.3 is 0 Å². The Kier molecular flexibility index (Phi) is 4.39. The van der Waals surface area contributed by atoms with E-state index in [0.717, 1.165) is 33.6 Å². The Balaban J connectivity index is 1.67. The molecule has 2 aromatic carbocycles. The van der Waals surface area contributed by atoms with Crippen LogP contribution in [0.1, 0.15) is 11.3 Å². The molecular formula is C22H16FN3. The van der Waals surface area contributed by atoms with Crippen molar-refractivity contribution in [3.63, 3.8) is 0 Å². The minimum Gasteiger partial charge on any atom is -0.277 e. The van der Waals surface area contributed by atoms with Gasteiger partial charge in [0.05, 0.1) is 17.6 Å². The first-order valence-electron chi connectivity index (χ1n) is 8.28. The summed E-state index contributed by atoms with van der Waals surface area (Å²) in [5, 5.41) is 7.17. The highest BCUT2D eigenvalue weighted by atomic mass is 19.1. The van der Waals surface area contributed by atoms with Crippen molar-refractivity contribution < 1.29 is 4.39 Å². The zero-order valence-electron chi connectivity index (χ0n) is 13.9. The average molecular weight is 341 g/mol. The van der Waals surface area contributed by atoms with Crippen LogP contribution >= 0.6 is 0 Å². The maximum absolute atomic E-state index is 13.2. The summed E-state index contributed by atoms with van der Waals surface area (Å²) in [5.41, 5.74) is 5.67. The topological polar surface area (TPSA) is 41.6 Å². The Bertz CT molecular complexity index is 1030. The smallest absolute Gasteiger partial charge is 0.123 e. The lowest BCUT2D eigenvalue weighted by Crippen LogP contribution is -1.86. The second kappa shape index (κ2) is 7.15. The number of pyridine rings is 1. The third-order valence-corrected chi connectivity index (χ3v) is 4.11. The van der Waals surface area contributed by atoms with Crippen molar-refractivity contribution >= 4 is 12.2 Å². The van der Waals surface area contributed by atoms with Crippen LogP contribution in [0.25, 0.3) is 34.5 Å². The van der Waals surface area contributed by atoms with E-state index in [1.807, 2.05) is 54.6 Å². The summed E-state index contributed by atoms with van der Waals surface area (Å²) in [6, 6.07) is 20.4. The monoisotopic (exact) mass is 341 g/mol. The Morgan fingerprint density at radius 3 is 2.46 bits per heavy atom. The molecular weight excluding hydrogens is 325 g/mol. The molecule has 0 atom stereocenters. The Hall–Kier alpha value is -3.53. The van der Waals surface area contributed by atoms with Crippen molar-refractivity contribution in [2.45, 2.75) is 0 Å². The van der Waals surface area contributed by atoms with Gasteiger partial charge in [0, 0.05) is 17.3 Å². The van der Waals surface area contributed by atoms with Gasteiger partial charge in [-0.3, -0.25) is 10.1 Å². The number of nitrogens with one attached hydrogen (secondary N) is 1. The average Bonchev–Trinajstić information content (AvgIpc) is 3.18. The van der Waals surface area contributed by atoms with Gasteiger partial charge < -0.3 is 0 Å². The van der Waals surface area contributed by atoms with Crippen molar-refractivity contribution in [2.75, 3.05) is 0 Å². The van der Waals surface area contributed by atoms with E-state index in [2.05, 4.69) is 15.2 Å². The predicted molar refractivity (Wildman–Crippen MR) is 103 cm³/mol. The van der Waals surface area contributed by atoms with Crippen molar-refractivity contribution in [3.05, 3.63) is 96.2 Å². The fourth-order valence-corrected chi connectivity index (χ4v) is 2.79. The molecule has 0 aliphatic carbocycles. The van der Waals surface area contributed by atoms with Crippen LogP contribution in [0.2, 0.25) is 0 Å². The number of aromatic nitrogens is 3. The Morgan fingerprint density at radius 2 is 1.65 bits per heavy atom. The van der Waals surface area contributed by atoms with Gasteiger partial charge in [0.25, 0.3) is 0 Å². The molecule has 2 heterocycles. The number of hydrogen-bond acceptors (Lipinski definition) is 2. The number of hydrogen-bond donors (Lipinski definition) is 1. The standard InChI is InChI=1S/C22H16FN3/c23-19-9-7-17(8-10-19)22-21(15-25-26-22)18-12-13-24-20(14-18)11-6-16-4-2-1-3-5-16/h1-15H,(H,25,26)/b11-6+. The van der Waals surface area contributed by atoms with Gasteiger partial charge in [0.1, 0.15) is 5.82 Å². The number of H-pyrrole nitrogens is 1. The van der Waals surface area contributed by atoms with Gasteiger partial charge in [-0.05, 0) is 53.6 Å². The number of nitrogens with zero attached hydrogens (tertiary/aromatic N) is 2. The molecule has 0 aliphatic rings. The number of benzene rings is 2. The van der Waals surface area contributed by atoms with E-state index in [-0.39, 0.29) is 5.82 Å². The van der Waals surface area contributed by atoms with Crippen LogP contribution in [0.15, 0.2) is 79.1 Å². The van der Waals surface area contributed by atoms with E-state index >= 15 is 0 Å². The van der Waals surface area contributed by atoms with Crippen LogP contribution in [0.5, 0.6) is 0 Å². The first kappa shape index (κ1) is 16.0. The summed E-state index contributed by atoms with van der Waals surface area (Å²) in [6.45, 7) is 0. The molecule has 0 radical (unpaired) electrons. The highest BCUT2D eigenvalue weighted by Gasteiger charge is 2.10. The van der Waals surface area contributed by atoms with E-state index in [0.29, 0.717) is 0 Å². The molecule has 26 heavy (non-hydrogen) atoms. The molecule has 2 aromatic heterocycles. The molecule has 126 valence electrons. The van der Waals surface area contributed by atoms with E-state index in [4.69, 9.17) is 0 Å². The van der Waals surface area contributed by atoms with Crippen molar-refractivity contribution in [3.8, 4) is 22.4 Å². The molecule has 4 aromatic rings. The molecule has 4 heteroatoms. The molecule has 0 fully saturated rings. The SMILES string of the molecule is Fc1ccc(-c2[nH]ncc2-c2ccnc(/C=C/c3ccccc3)c2)cc1. The second-order valence-corrected chi connectivity index (χ2v) is 5.88. The molecule has 0 saturated carbocycles. The molecule has 0 saturated heterocycles. The zero-order chi connectivity index (χ0) is 17.8. The minimum absolute atomic E-state index is 0.257. The van der Waals surface area contributed by atoms with Crippen LogP contribution in [0.3, 0.4) is 0 Å². The summed E-state index contributed by atoms with van der Waals surface area (Å²) in [6.07, 6.45) is 7.57. The van der Waals surface area contributed by atoms with Gasteiger partial charge in [-0.1, -0.05) is 36.4 Å².